The third kappa shape index (κ3) is 2.23. The van der Waals surface area contributed by atoms with Gasteiger partial charge >= 0.3 is 0 Å². The van der Waals surface area contributed by atoms with E-state index in [-0.39, 0.29) is 18.1 Å². The third-order valence-electron chi connectivity index (χ3n) is 3.90. The Hall–Kier alpha value is -3.21. The van der Waals surface area contributed by atoms with E-state index in [1.54, 1.807) is 6.07 Å². The Kier molecular flexibility index (Phi) is 3.05. The van der Waals surface area contributed by atoms with Crippen molar-refractivity contribution in [2.24, 2.45) is 0 Å². The summed E-state index contributed by atoms with van der Waals surface area (Å²) >= 11 is 0. The topological polar surface area (TPSA) is 74.8 Å². The van der Waals surface area contributed by atoms with Gasteiger partial charge in [0.15, 0.2) is 11.6 Å². The van der Waals surface area contributed by atoms with Gasteiger partial charge in [0.05, 0.1) is 17.7 Å². The van der Waals surface area contributed by atoms with Crippen molar-refractivity contribution in [1.82, 2.24) is 10.2 Å². The fourth-order valence-corrected chi connectivity index (χ4v) is 2.84. The normalized spacial score (nSPS) is 11.9. The highest BCUT2D eigenvalue weighted by Gasteiger charge is 2.32. The fourth-order valence-electron chi connectivity index (χ4n) is 2.84. The predicted molar refractivity (Wildman–Crippen MR) is 86.2 cm³/mol. The molecule has 1 amide bonds. The SMILES string of the molecule is O=C(Cc1ccccc1)Nc1n[nH]c2c1C(=O)c1ccccc1-2. The van der Waals surface area contributed by atoms with E-state index in [1.807, 2.05) is 48.5 Å². The third-order valence-corrected chi connectivity index (χ3v) is 3.90. The van der Waals surface area contributed by atoms with Crippen LogP contribution in [0.2, 0.25) is 0 Å². The first kappa shape index (κ1) is 13.5. The summed E-state index contributed by atoms with van der Waals surface area (Å²) in [5.74, 6) is -0.0178. The van der Waals surface area contributed by atoms with Crippen LogP contribution in [0.1, 0.15) is 21.5 Å². The zero-order chi connectivity index (χ0) is 15.8. The highest BCUT2D eigenvalue weighted by Crippen LogP contribution is 2.38. The second-order valence-electron chi connectivity index (χ2n) is 5.41. The Labute approximate surface area is 132 Å². The van der Waals surface area contributed by atoms with Gasteiger partial charge in [-0.1, -0.05) is 54.6 Å². The van der Waals surface area contributed by atoms with Crippen molar-refractivity contribution in [2.75, 3.05) is 5.32 Å². The number of rotatable bonds is 3. The number of aromatic nitrogens is 2. The van der Waals surface area contributed by atoms with Gasteiger partial charge in [0.25, 0.3) is 0 Å². The summed E-state index contributed by atoms with van der Waals surface area (Å²) in [5, 5.41) is 9.68. The van der Waals surface area contributed by atoms with Crippen LogP contribution in [0.4, 0.5) is 5.82 Å². The average Bonchev–Trinajstić information content (AvgIpc) is 3.09. The molecule has 5 heteroatoms. The number of amides is 1. The van der Waals surface area contributed by atoms with Crippen LogP contribution in [0.5, 0.6) is 0 Å². The molecule has 0 atom stereocenters. The Morgan fingerprint density at radius 1 is 1.00 bits per heavy atom. The number of hydrogen-bond donors (Lipinski definition) is 2. The number of anilines is 1. The minimum atomic E-state index is -0.200. The number of benzene rings is 2. The van der Waals surface area contributed by atoms with Crippen molar-refractivity contribution >= 4 is 17.5 Å². The summed E-state index contributed by atoms with van der Waals surface area (Å²) in [6.07, 6.45) is 0.240. The van der Waals surface area contributed by atoms with Crippen LogP contribution < -0.4 is 5.32 Å². The van der Waals surface area contributed by atoms with Gasteiger partial charge in [-0.15, -0.1) is 0 Å². The first-order valence-corrected chi connectivity index (χ1v) is 7.30. The Morgan fingerprint density at radius 3 is 2.48 bits per heavy atom. The maximum absolute atomic E-state index is 12.5. The lowest BCUT2D eigenvalue weighted by Crippen LogP contribution is -2.16. The number of nitrogens with one attached hydrogen (secondary N) is 2. The molecule has 0 fully saturated rings. The monoisotopic (exact) mass is 303 g/mol. The lowest BCUT2D eigenvalue weighted by atomic mass is 10.1. The van der Waals surface area contributed by atoms with E-state index in [4.69, 9.17) is 0 Å². The Balaban J connectivity index is 1.60. The summed E-state index contributed by atoms with van der Waals surface area (Å²) in [6, 6.07) is 16.8. The van der Waals surface area contributed by atoms with Gasteiger partial charge in [-0.3, -0.25) is 14.7 Å². The molecule has 0 spiro atoms. The number of carbonyl (C=O) groups is 2. The molecule has 4 rings (SSSR count). The number of fused-ring (bicyclic) bond motifs is 3. The lowest BCUT2D eigenvalue weighted by Gasteiger charge is -2.03. The van der Waals surface area contributed by atoms with Gasteiger partial charge in [0, 0.05) is 11.1 Å². The van der Waals surface area contributed by atoms with E-state index in [2.05, 4.69) is 15.5 Å². The van der Waals surface area contributed by atoms with Crippen LogP contribution in [0.15, 0.2) is 54.6 Å². The molecule has 0 saturated heterocycles. The van der Waals surface area contributed by atoms with E-state index in [9.17, 15) is 9.59 Å². The van der Waals surface area contributed by atoms with Crippen LogP contribution in [-0.2, 0) is 11.2 Å². The molecular weight excluding hydrogens is 290 g/mol. The Bertz CT molecular complexity index is 913. The number of H-pyrrole nitrogens is 1. The van der Waals surface area contributed by atoms with Crippen molar-refractivity contribution in [2.45, 2.75) is 6.42 Å². The summed E-state index contributed by atoms with van der Waals surface area (Å²) in [6.45, 7) is 0. The average molecular weight is 303 g/mol. The van der Waals surface area contributed by atoms with E-state index in [0.29, 0.717) is 22.6 Å². The number of carbonyl (C=O) groups excluding carboxylic acids is 2. The molecular formula is C18H13N3O2. The summed E-state index contributed by atoms with van der Waals surface area (Å²) in [4.78, 5) is 24.7. The van der Waals surface area contributed by atoms with Crippen molar-refractivity contribution in [1.29, 1.82) is 0 Å². The molecule has 112 valence electrons. The van der Waals surface area contributed by atoms with Crippen LogP contribution in [0.25, 0.3) is 11.3 Å². The van der Waals surface area contributed by atoms with Crippen LogP contribution in [0, 0.1) is 0 Å². The van der Waals surface area contributed by atoms with Crippen molar-refractivity contribution in [3.63, 3.8) is 0 Å². The molecule has 0 bridgehead atoms. The Morgan fingerprint density at radius 2 is 1.70 bits per heavy atom. The number of aromatic amines is 1. The number of ketones is 1. The lowest BCUT2D eigenvalue weighted by molar-refractivity contribution is -0.115. The highest BCUT2D eigenvalue weighted by molar-refractivity contribution is 6.24. The summed E-state index contributed by atoms with van der Waals surface area (Å²) in [7, 11) is 0. The molecule has 2 aromatic carbocycles. The van der Waals surface area contributed by atoms with Gasteiger partial charge in [-0.2, -0.15) is 5.10 Å². The molecule has 1 aromatic heterocycles. The standard InChI is InChI=1S/C18H13N3O2/c22-14(10-11-6-2-1-3-7-11)19-18-15-16(20-21-18)12-8-4-5-9-13(12)17(15)23/h1-9H,10H2,(H2,19,20,21,22). The van der Waals surface area contributed by atoms with E-state index in [1.165, 1.54) is 0 Å². The second-order valence-corrected chi connectivity index (χ2v) is 5.41. The number of nitrogens with zero attached hydrogens (tertiary/aromatic N) is 1. The number of hydrogen-bond acceptors (Lipinski definition) is 3. The van der Waals surface area contributed by atoms with Crippen molar-refractivity contribution in [3.05, 3.63) is 71.3 Å². The fraction of sp³-hybridized carbons (Fsp3) is 0.0556. The molecule has 1 heterocycles. The van der Waals surface area contributed by atoms with E-state index >= 15 is 0 Å². The molecule has 2 N–H and O–H groups in total. The quantitative estimate of drug-likeness (QED) is 0.611. The molecule has 23 heavy (non-hydrogen) atoms. The molecule has 5 nitrogen and oxygen atoms in total. The first-order chi connectivity index (χ1) is 11.2. The molecule has 1 aliphatic rings. The molecule has 0 saturated carbocycles. The smallest absolute Gasteiger partial charge is 0.230 e. The van der Waals surface area contributed by atoms with Crippen LogP contribution >= 0.6 is 0 Å². The maximum atomic E-state index is 12.5. The van der Waals surface area contributed by atoms with E-state index < -0.39 is 0 Å². The molecule has 1 aliphatic carbocycles. The van der Waals surface area contributed by atoms with E-state index in [0.717, 1.165) is 11.1 Å². The van der Waals surface area contributed by atoms with Crippen molar-refractivity contribution < 1.29 is 9.59 Å². The largest absolute Gasteiger partial charge is 0.308 e. The molecule has 3 aromatic rings. The maximum Gasteiger partial charge on any atom is 0.230 e. The first-order valence-electron chi connectivity index (χ1n) is 7.30. The minimum Gasteiger partial charge on any atom is -0.308 e. The van der Waals surface area contributed by atoms with Crippen LogP contribution in [-0.4, -0.2) is 21.9 Å². The van der Waals surface area contributed by atoms with Gasteiger partial charge in [-0.25, -0.2) is 0 Å². The predicted octanol–water partition coefficient (Wildman–Crippen LogP) is 2.80. The van der Waals surface area contributed by atoms with Crippen LogP contribution in [0.3, 0.4) is 0 Å². The molecule has 0 radical (unpaired) electrons. The van der Waals surface area contributed by atoms with Gasteiger partial charge < -0.3 is 5.32 Å². The molecule has 0 aliphatic heterocycles. The van der Waals surface area contributed by atoms with Gasteiger partial charge in [0.1, 0.15) is 0 Å². The minimum absolute atomic E-state index is 0.112. The molecule has 0 unspecified atom stereocenters. The highest BCUT2D eigenvalue weighted by atomic mass is 16.2. The van der Waals surface area contributed by atoms with Crippen molar-refractivity contribution in [3.8, 4) is 11.3 Å². The summed E-state index contributed by atoms with van der Waals surface area (Å²) in [5.41, 5.74) is 3.47. The summed E-state index contributed by atoms with van der Waals surface area (Å²) < 4.78 is 0. The zero-order valence-electron chi connectivity index (χ0n) is 12.2. The zero-order valence-corrected chi connectivity index (χ0v) is 12.2. The van der Waals surface area contributed by atoms with Gasteiger partial charge in [0.2, 0.25) is 5.91 Å². The second kappa shape index (κ2) is 5.21. The van der Waals surface area contributed by atoms with Gasteiger partial charge in [-0.05, 0) is 5.56 Å².